The van der Waals surface area contributed by atoms with E-state index in [0.29, 0.717) is 0 Å². The third-order valence-corrected chi connectivity index (χ3v) is 13.8. The van der Waals surface area contributed by atoms with Gasteiger partial charge < -0.3 is 14.4 Å². The van der Waals surface area contributed by atoms with Crippen molar-refractivity contribution in [2.75, 3.05) is 9.80 Å². The minimum atomic E-state index is 1.10. The highest BCUT2D eigenvalue weighted by Crippen LogP contribution is 2.45. The zero-order valence-corrected chi connectivity index (χ0v) is 34.4. The second-order valence-electron chi connectivity index (χ2n) is 16.2. The average molecular weight is 808 g/mol. The Morgan fingerprint density at radius 2 is 0.742 bits per heavy atom. The summed E-state index contributed by atoms with van der Waals surface area (Å²) in [6.45, 7) is 0. The number of hydrogen-bond acceptors (Lipinski definition) is 3. The molecule has 0 saturated heterocycles. The van der Waals surface area contributed by atoms with Crippen molar-refractivity contribution in [3.8, 4) is 27.9 Å². The summed E-state index contributed by atoms with van der Waals surface area (Å²) in [4.78, 5) is 4.83. The smallest absolute Gasteiger partial charge is 0.0542 e. The van der Waals surface area contributed by atoms with Gasteiger partial charge >= 0.3 is 0 Å². The standard InChI is InChI=1S/C58H37N3S/c1-2-22-49-38(12-1)13-11-26-54(49)61-55-25-5-3-23-50(55)53-36-47(29-31-56(53)61)59-43-18-7-14-39(32-43)41-16-9-20-45(34-41)60(46-21-10-17-42(35-46)40-15-8-19-44(59)33-40)48-28-30-52-51-24-4-6-27-57(51)62-58(52)37-48/h1-37H. The fourth-order valence-electron chi connectivity index (χ4n) is 9.81. The number of nitrogens with zero attached hydrogens (tertiary/aromatic N) is 3. The largest absolute Gasteiger partial charge is 0.310 e. The first kappa shape index (κ1) is 34.9. The van der Waals surface area contributed by atoms with Crippen molar-refractivity contribution < 1.29 is 0 Å². The summed E-state index contributed by atoms with van der Waals surface area (Å²) in [5.41, 5.74) is 14.8. The van der Waals surface area contributed by atoms with Gasteiger partial charge in [0.25, 0.3) is 0 Å². The lowest BCUT2D eigenvalue weighted by molar-refractivity contribution is 1.20. The van der Waals surface area contributed by atoms with Gasteiger partial charge in [-0.2, -0.15) is 0 Å². The molecule has 8 bridgehead atoms. The average Bonchev–Trinajstić information content (AvgIpc) is 3.87. The van der Waals surface area contributed by atoms with Gasteiger partial charge in [-0.05, 0) is 125 Å². The summed E-state index contributed by atoms with van der Waals surface area (Å²) in [5, 5.41) is 7.52. The Morgan fingerprint density at radius 1 is 0.274 bits per heavy atom. The first-order chi connectivity index (χ1) is 30.7. The molecule has 0 atom stereocenters. The highest BCUT2D eigenvalue weighted by molar-refractivity contribution is 7.25. The summed E-state index contributed by atoms with van der Waals surface area (Å²) in [5.74, 6) is 0. The second kappa shape index (κ2) is 13.8. The van der Waals surface area contributed by atoms with Crippen LogP contribution in [-0.4, -0.2) is 4.57 Å². The van der Waals surface area contributed by atoms with Gasteiger partial charge in [-0.3, -0.25) is 0 Å². The van der Waals surface area contributed by atoms with Gasteiger partial charge in [0.05, 0.1) is 16.7 Å². The van der Waals surface area contributed by atoms with Gasteiger partial charge in [0.1, 0.15) is 0 Å². The molecule has 290 valence electrons. The molecule has 0 unspecified atom stereocenters. The molecule has 12 aromatic rings. The molecule has 3 heterocycles. The van der Waals surface area contributed by atoms with Crippen LogP contribution >= 0.6 is 11.3 Å². The molecule has 0 radical (unpaired) electrons. The van der Waals surface area contributed by atoms with Gasteiger partial charge in [-0.15, -0.1) is 11.3 Å². The first-order valence-corrected chi connectivity index (χ1v) is 22.0. The highest BCUT2D eigenvalue weighted by atomic mass is 32.1. The van der Waals surface area contributed by atoms with Gasteiger partial charge in [-0.1, -0.05) is 127 Å². The molecule has 2 aromatic heterocycles. The minimum absolute atomic E-state index is 1.10. The van der Waals surface area contributed by atoms with E-state index in [-0.39, 0.29) is 0 Å². The molecule has 62 heavy (non-hydrogen) atoms. The number of anilines is 6. The van der Waals surface area contributed by atoms with Crippen molar-refractivity contribution in [3.63, 3.8) is 0 Å². The van der Waals surface area contributed by atoms with Gasteiger partial charge in [0.15, 0.2) is 0 Å². The molecule has 0 fully saturated rings. The Balaban J connectivity index is 1.01. The van der Waals surface area contributed by atoms with Crippen LogP contribution < -0.4 is 9.80 Å². The molecule has 0 N–H and O–H groups in total. The predicted molar refractivity (Wildman–Crippen MR) is 265 cm³/mol. The molecule has 0 spiro atoms. The Morgan fingerprint density at radius 3 is 1.40 bits per heavy atom. The molecular weight excluding hydrogens is 771 g/mol. The van der Waals surface area contributed by atoms with E-state index >= 15 is 0 Å². The van der Waals surface area contributed by atoms with Crippen molar-refractivity contribution in [2.24, 2.45) is 0 Å². The Hall–Kier alpha value is -7.92. The van der Waals surface area contributed by atoms with E-state index in [2.05, 4.69) is 239 Å². The Kier molecular flexibility index (Phi) is 7.78. The molecule has 0 saturated carbocycles. The lowest BCUT2D eigenvalue weighted by atomic mass is 10.00. The van der Waals surface area contributed by atoms with Crippen molar-refractivity contribution in [1.82, 2.24) is 4.57 Å². The number of rotatable bonds is 3. The van der Waals surface area contributed by atoms with Crippen molar-refractivity contribution in [1.29, 1.82) is 0 Å². The first-order valence-electron chi connectivity index (χ1n) is 21.2. The summed E-state index contributed by atoms with van der Waals surface area (Å²) in [7, 11) is 0. The van der Waals surface area contributed by atoms with E-state index in [4.69, 9.17) is 0 Å². The van der Waals surface area contributed by atoms with Crippen LogP contribution in [0.3, 0.4) is 0 Å². The SMILES string of the molecule is c1cc2cc(c1)N(c1ccc3c(c1)sc1ccccc13)c1cccc(c1)-c1cccc(c1)N(c1ccc3c(c1)c1ccccc1n3-c1cccc3ccccc13)c1cccc-2c1. The summed E-state index contributed by atoms with van der Waals surface area (Å²) in [6, 6.07) is 82.7. The van der Waals surface area contributed by atoms with Crippen LogP contribution in [0.4, 0.5) is 34.1 Å². The van der Waals surface area contributed by atoms with E-state index in [9.17, 15) is 0 Å². The zero-order valence-electron chi connectivity index (χ0n) is 33.6. The number of thiophene rings is 1. The number of benzene rings is 10. The van der Waals surface area contributed by atoms with E-state index in [0.717, 1.165) is 56.4 Å². The summed E-state index contributed by atoms with van der Waals surface area (Å²) >= 11 is 1.86. The summed E-state index contributed by atoms with van der Waals surface area (Å²) in [6.07, 6.45) is 0. The molecule has 1 aliphatic rings. The van der Waals surface area contributed by atoms with Gasteiger partial charge in [0, 0.05) is 70.5 Å². The normalized spacial score (nSPS) is 12.5. The van der Waals surface area contributed by atoms with Crippen molar-refractivity contribution >= 4 is 98.2 Å². The molecule has 13 rings (SSSR count). The molecular formula is C58H37N3S. The van der Waals surface area contributed by atoms with Crippen LogP contribution in [0.15, 0.2) is 224 Å². The van der Waals surface area contributed by atoms with Gasteiger partial charge in [-0.25, -0.2) is 0 Å². The van der Waals surface area contributed by atoms with E-state index in [1.54, 1.807) is 0 Å². The third-order valence-electron chi connectivity index (χ3n) is 12.6. The number of fused-ring (bicyclic) bond motifs is 17. The second-order valence-corrected chi connectivity index (χ2v) is 17.3. The topological polar surface area (TPSA) is 11.4 Å². The van der Waals surface area contributed by atoms with Crippen molar-refractivity contribution in [2.45, 2.75) is 0 Å². The zero-order chi connectivity index (χ0) is 40.7. The van der Waals surface area contributed by atoms with E-state index < -0.39 is 0 Å². The molecule has 0 amide bonds. The van der Waals surface area contributed by atoms with Crippen molar-refractivity contribution in [3.05, 3.63) is 224 Å². The number of aromatic nitrogens is 1. The van der Waals surface area contributed by atoms with Crippen LogP contribution in [0.2, 0.25) is 0 Å². The van der Waals surface area contributed by atoms with E-state index in [1.807, 2.05) is 11.3 Å². The molecule has 0 aliphatic carbocycles. The quantitative estimate of drug-likeness (QED) is 0.176. The highest BCUT2D eigenvalue weighted by Gasteiger charge is 2.21. The molecule has 3 nitrogen and oxygen atoms in total. The van der Waals surface area contributed by atoms with Gasteiger partial charge in [0.2, 0.25) is 0 Å². The van der Waals surface area contributed by atoms with E-state index in [1.165, 1.54) is 58.4 Å². The van der Waals surface area contributed by atoms with Crippen LogP contribution in [0.1, 0.15) is 0 Å². The maximum Gasteiger partial charge on any atom is 0.0542 e. The van der Waals surface area contributed by atoms with Crippen LogP contribution in [0.5, 0.6) is 0 Å². The molecule has 1 aliphatic heterocycles. The molecule has 10 aromatic carbocycles. The number of para-hydroxylation sites is 1. The fraction of sp³-hybridized carbons (Fsp3) is 0. The predicted octanol–water partition coefficient (Wildman–Crippen LogP) is 16.9. The Labute approximate surface area is 363 Å². The molecule has 4 heteroatoms. The minimum Gasteiger partial charge on any atom is -0.310 e. The maximum atomic E-state index is 2.44. The van der Waals surface area contributed by atoms with Crippen LogP contribution in [0.25, 0.3) is 80.7 Å². The van der Waals surface area contributed by atoms with Crippen LogP contribution in [0, 0.1) is 0 Å². The third kappa shape index (κ3) is 5.51. The number of hydrogen-bond donors (Lipinski definition) is 0. The fourth-order valence-corrected chi connectivity index (χ4v) is 10.9. The maximum absolute atomic E-state index is 2.44. The Bertz CT molecular complexity index is 3650. The monoisotopic (exact) mass is 807 g/mol. The summed E-state index contributed by atoms with van der Waals surface area (Å²) < 4.78 is 5.03. The van der Waals surface area contributed by atoms with Crippen LogP contribution in [-0.2, 0) is 0 Å². The lowest BCUT2D eigenvalue weighted by Crippen LogP contribution is -2.11. The lowest BCUT2D eigenvalue weighted by Gasteiger charge is -2.28.